The van der Waals surface area contributed by atoms with Crippen molar-refractivity contribution in [2.24, 2.45) is 46.3 Å². The molecule has 4 rings (SSSR count). The van der Waals surface area contributed by atoms with Crippen molar-refractivity contribution in [3.05, 3.63) is 23.8 Å². The molecule has 3 saturated carbocycles. The van der Waals surface area contributed by atoms with Crippen molar-refractivity contribution >= 4 is 0 Å². The standard InChI is InChI=1S/C28H46O3/c1-17(2)18(3)6-7-19(16-29)21-10-11-22-20-8-9-24-26(31)25(30)13-15-28(24,5)23(20)12-14-27(21,22)4/h9,17,19-23,25-26,29-31H,3,6-8,10-16H2,1-2,4-5H3/t19-,20-,21+,22-,23-,25?,26?,27+,28+/m0/s1. The fraction of sp³-hybridized carbons (Fsp3) is 0.857. The average molecular weight is 431 g/mol. The maximum atomic E-state index is 10.7. The molecule has 31 heavy (non-hydrogen) atoms. The number of aliphatic hydroxyl groups excluding tert-OH is 3. The van der Waals surface area contributed by atoms with E-state index in [1.165, 1.54) is 31.3 Å². The van der Waals surface area contributed by atoms with Gasteiger partial charge in [0.1, 0.15) is 6.10 Å². The fourth-order valence-corrected chi connectivity index (χ4v) is 8.61. The molecule has 4 aliphatic carbocycles. The van der Waals surface area contributed by atoms with E-state index in [-0.39, 0.29) is 5.41 Å². The van der Waals surface area contributed by atoms with Crippen molar-refractivity contribution in [2.45, 2.75) is 97.7 Å². The molecule has 0 bridgehead atoms. The van der Waals surface area contributed by atoms with Gasteiger partial charge >= 0.3 is 0 Å². The van der Waals surface area contributed by atoms with E-state index in [9.17, 15) is 15.3 Å². The molecule has 0 aromatic rings. The Kier molecular flexibility index (Phi) is 6.53. The van der Waals surface area contributed by atoms with Crippen LogP contribution in [0.3, 0.4) is 0 Å². The minimum absolute atomic E-state index is 0.0480. The Balaban J connectivity index is 1.53. The van der Waals surface area contributed by atoms with Crippen LogP contribution in [-0.2, 0) is 0 Å². The van der Waals surface area contributed by atoms with Crippen LogP contribution in [0.5, 0.6) is 0 Å². The summed E-state index contributed by atoms with van der Waals surface area (Å²) in [5.74, 6) is 3.55. The first kappa shape index (κ1) is 23.5. The summed E-state index contributed by atoms with van der Waals surface area (Å²) in [4.78, 5) is 0. The predicted molar refractivity (Wildman–Crippen MR) is 126 cm³/mol. The second kappa shape index (κ2) is 8.61. The lowest BCUT2D eigenvalue weighted by molar-refractivity contribution is -0.0827. The minimum Gasteiger partial charge on any atom is -0.396 e. The predicted octanol–water partition coefficient (Wildman–Crippen LogP) is 5.50. The molecule has 0 amide bonds. The fourth-order valence-electron chi connectivity index (χ4n) is 8.61. The van der Waals surface area contributed by atoms with Gasteiger partial charge in [-0.15, -0.1) is 0 Å². The molecule has 0 heterocycles. The Bertz CT molecular complexity index is 711. The molecule has 4 aliphatic rings. The van der Waals surface area contributed by atoms with Crippen molar-refractivity contribution in [1.29, 1.82) is 0 Å². The van der Waals surface area contributed by atoms with E-state index in [2.05, 4.69) is 40.3 Å². The molecule has 0 aromatic heterocycles. The van der Waals surface area contributed by atoms with Crippen molar-refractivity contribution in [2.75, 3.05) is 6.61 Å². The number of hydrogen-bond acceptors (Lipinski definition) is 3. The molecule has 176 valence electrons. The van der Waals surface area contributed by atoms with Gasteiger partial charge in [0.2, 0.25) is 0 Å². The number of allylic oxidation sites excluding steroid dienone is 2. The first-order chi connectivity index (χ1) is 14.6. The largest absolute Gasteiger partial charge is 0.396 e. The molecule has 3 fully saturated rings. The van der Waals surface area contributed by atoms with Crippen LogP contribution < -0.4 is 0 Å². The van der Waals surface area contributed by atoms with Gasteiger partial charge in [0.15, 0.2) is 0 Å². The first-order valence-electron chi connectivity index (χ1n) is 13.0. The molecule has 0 radical (unpaired) electrons. The number of aliphatic hydroxyl groups is 3. The van der Waals surface area contributed by atoms with Crippen molar-refractivity contribution in [3.63, 3.8) is 0 Å². The zero-order chi connectivity index (χ0) is 22.6. The maximum absolute atomic E-state index is 10.7. The number of fused-ring (bicyclic) bond motifs is 5. The van der Waals surface area contributed by atoms with Crippen LogP contribution in [0.15, 0.2) is 23.8 Å². The topological polar surface area (TPSA) is 60.7 Å². The molecule has 0 aromatic carbocycles. The summed E-state index contributed by atoms with van der Waals surface area (Å²) in [5.41, 5.74) is 2.82. The van der Waals surface area contributed by atoms with Gasteiger partial charge in [-0.25, -0.2) is 0 Å². The van der Waals surface area contributed by atoms with Gasteiger partial charge in [0.25, 0.3) is 0 Å². The van der Waals surface area contributed by atoms with E-state index in [0.717, 1.165) is 43.6 Å². The van der Waals surface area contributed by atoms with Crippen LogP contribution in [0.4, 0.5) is 0 Å². The highest BCUT2D eigenvalue weighted by Gasteiger charge is 2.60. The number of rotatable bonds is 6. The zero-order valence-electron chi connectivity index (χ0n) is 20.3. The summed E-state index contributed by atoms with van der Waals surface area (Å²) >= 11 is 0. The van der Waals surface area contributed by atoms with Crippen LogP contribution in [0.1, 0.15) is 85.5 Å². The zero-order valence-corrected chi connectivity index (χ0v) is 20.3. The minimum atomic E-state index is -0.669. The van der Waals surface area contributed by atoms with E-state index >= 15 is 0 Å². The normalized spacial score (nSPS) is 45.5. The van der Waals surface area contributed by atoms with Gasteiger partial charge in [-0.3, -0.25) is 0 Å². The summed E-state index contributed by atoms with van der Waals surface area (Å²) in [5, 5.41) is 31.3. The highest BCUT2D eigenvalue weighted by atomic mass is 16.3. The molecule has 9 atom stereocenters. The van der Waals surface area contributed by atoms with Gasteiger partial charge < -0.3 is 15.3 Å². The smallest absolute Gasteiger partial charge is 0.101 e. The third kappa shape index (κ3) is 3.77. The highest BCUT2D eigenvalue weighted by Crippen LogP contribution is 2.67. The van der Waals surface area contributed by atoms with Crippen LogP contribution in [0.2, 0.25) is 0 Å². The average Bonchev–Trinajstić information content (AvgIpc) is 3.08. The second-order valence-corrected chi connectivity index (χ2v) is 12.3. The van der Waals surface area contributed by atoms with Gasteiger partial charge in [-0.1, -0.05) is 45.9 Å². The summed E-state index contributed by atoms with van der Waals surface area (Å²) in [7, 11) is 0. The van der Waals surface area contributed by atoms with E-state index in [1.54, 1.807) is 0 Å². The molecular formula is C28H46O3. The summed E-state index contributed by atoms with van der Waals surface area (Å²) in [6.07, 6.45) is 10.9. The molecule has 3 N–H and O–H groups in total. The van der Waals surface area contributed by atoms with Crippen molar-refractivity contribution in [1.82, 2.24) is 0 Å². The Morgan fingerprint density at radius 2 is 1.84 bits per heavy atom. The summed E-state index contributed by atoms with van der Waals surface area (Å²) < 4.78 is 0. The molecule has 3 nitrogen and oxygen atoms in total. The second-order valence-electron chi connectivity index (χ2n) is 12.3. The Hall–Kier alpha value is -0.640. The van der Waals surface area contributed by atoms with E-state index in [1.807, 2.05) is 0 Å². The molecule has 2 unspecified atom stereocenters. The SMILES string of the molecule is C=C(CC[C@@H](CO)[C@H]1CC[C@H]2[C@@H]3CC=C4C(O)C(O)CC[C@]4(C)[C@H]3CC[C@]12C)C(C)C. The Labute approximate surface area is 190 Å². The molecular weight excluding hydrogens is 384 g/mol. The van der Waals surface area contributed by atoms with Crippen LogP contribution in [0.25, 0.3) is 0 Å². The highest BCUT2D eigenvalue weighted by molar-refractivity contribution is 5.29. The van der Waals surface area contributed by atoms with E-state index in [4.69, 9.17) is 0 Å². The lowest BCUT2D eigenvalue weighted by atomic mass is 9.46. The van der Waals surface area contributed by atoms with Crippen LogP contribution >= 0.6 is 0 Å². The lowest BCUT2D eigenvalue weighted by Gasteiger charge is -2.59. The van der Waals surface area contributed by atoms with Crippen LogP contribution in [-0.4, -0.2) is 34.1 Å². The van der Waals surface area contributed by atoms with Gasteiger partial charge in [-0.2, -0.15) is 0 Å². The third-order valence-corrected chi connectivity index (χ3v) is 10.7. The van der Waals surface area contributed by atoms with E-state index in [0.29, 0.717) is 41.6 Å². The monoisotopic (exact) mass is 430 g/mol. The Morgan fingerprint density at radius 3 is 2.52 bits per heavy atom. The first-order valence-corrected chi connectivity index (χ1v) is 13.0. The maximum Gasteiger partial charge on any atom is 0.101 e. The molecule has 0 saturated heterocycles. The summed E-state index contributed by atoms with van der Waals surface area (Å²) in [6, 6.07) is 0. The number of hydrogen-bond donors (Lipinski definition) is 3. The Morgan fingerprint density at radius 1 is 1.10 bits per heavy atom. The van der Waals surface area contributed by atoms with Crippen molar-refractivity contribution < 1.29 is 15.3 Å². The third-order valence-electron chi connectivity index (χ3n) is 10.7. The quantitative estimate of drug-likeness (QED) is 0.488. The van der Waals surface area contributed by atoms with Gasteiger partial charge in [0.05, 0.1) is 6.10 Å². The van der Waals surface area contributed by atoms with Gasteiger partial charge in [-0.05, 0) is 110 Å². The van der Waals surface area contributed by atoms with Gasteiger partial charge in [0, 0.05) is 6.61 Å². The molecule has 0 spiro atoms. The van der Waals surface area contributed by atoms with Crippen LogP contribution in [0, 0.1) is 46.3 Å². The summed E-state index contributed by atoms with van der Waals surface area (Å²) in [6.45, 7) is 13.9. The molecule has 3 heteroatoms. The lowest BCUT2D eigenvalue weighted by Crippen LogP contribution is -2.54. The van der Waals surface area contributed by atoms with Crippen molar-refractivity contribution in [3.8, 4) is 0 Å². The van der Waals surface area contributed by atoms with E-state index < -0.39 is 12.2 Å². The molecule has 0 aliphatic heterocycles.